The van der Waals surface area contributed by atoms with Gasteiger partial charge in [-0.2, -0.15) is 0 Å². The smallest absolute Gasteiger partial charge is 0.255 e. The van der Waals surface area contributed by atoms with Crippen LogP contribution >= 0.6 is 0 Å². The molecule has 0 saturated heterocycles. The van der Waals surface area contributed by atoms with E-state index in [2.05, 4.69) is 5.32 Å². The highest BCUT2D eigenvalue weighted by Crippen LogP contribution is 2.35. The predicted molar refractivity (Wildman–Crippen MR) is 61.2 cm³/mol. The van der Waals surface area contributed by atoms with E-state index >= 15 is 0 Å². The van der Waals surface area contributed by atoms with Crippen LogP contribution in [-0.2, 0) is 0 Å². The Hall–Kier alpha value is -1.75. The number of hydrogen-bond acceptors (Lipinski definition) is 4. The van der Waals surface area contributed by atoms with Gasteiger partial charge in [-0.25, -0.2) is 0 Å². The van der Waals surface area contributed by atoms with E-state index in [4.69, 9.17) is 9.84 Å². The van der Waals surface area contributed by atoms with Crippen molar-refractivity contribution in [2.24, 2.45) is 0 Å². The predicted octanol–water partition coefficient (Wildman–Crippen LogP) is 0.655. The van der Waals surface area contributed by atoms with E-state index in [0.29, 0.717) is 5.75 Å². The molecule has 17 heavy (non-hydrogen) atoms. The minimum atomic E-state index is -0.483. The lowest BCUT2D eigenvalue weighted by Gasteiger charge is -2.15. The Bertz CT molecular complexity index is 440. The number of aliphatic hydroxyl groups is 1. The molecular formula is C12H15NO4. The Labute approximate surface area is 99.0 Å². The largest absolute Gasteiger partial charge is 0.507 e. The molecule has 0 spiro atoms. The molecule has 1 aliphatic rings. The summed E-state index contributed by atoms with van der Waals surface area (Å²) in [7, 11) is 1.49. The van der Waals surface area contributed by atoms with Crippen molar-refractivity contribution in [1.82, 2.24) is 5.32 Å². The summed E-state index contributed by atoms with van der Waals surface area (Å²) in [5, 5.41) is 21.5. The van der Waals surface area contributed by atoms with Crippen molar-refractivity contribution in [1.29, 1.82) is 0 Å². The van der Waals surface area contributed by atoms with Gasteiger partial charge in [0.15, 0.2) is 0 Å². The van der Waals surface area contributed by atoms with Crippen LogP contribution in [0.1, 0.15) is 23.2 Å². The number of nitrogens with one attached hydrogen (secondary N) is 1. The standard InChI is InChI=1S/C12H15NO4/c1-17-8-2-3-9(10(15)6-8)11(16)13-12(7-14)4-5-12/h2-3,6,14-15H,4-5,7H2,1H3,(H,13,16). The number of rotatable bonds is 4. The van der Waals surface area contributed by atoms with Crippen molar-refractivity contribution in [2.75, 3.05) is 13.7 Å². The number of aromatic hydroxyl groups is 1. The highest BCUT2D eigenvalue weighted by atomic mass is 16.5. The first-order valence-corrected chi connectivity index (χ1v) is 5.41. The zero-order chi connectivity index (χ0) is 12.5. The Balaban J connectivity index is 2.14. The summed E-state index contributed by atoms with van der Waals surface area (Å²) in [4.78, 5) is 11.9. The van der Waals surface area contributed by atoms with E-state index in [9.17, 15) is 9.90 Å². The molecule has 5 heteroatoms. The molecule has 0 bridgehead atoms. The monoisotopic (exact) mass is 237 g/mol. The molecule has 0 unspecified atom stereocenters. The number of phenols is 1. The van der Waals surface area contributed by atoms with Crippen molar-refractivity contribution in [3.8, 4) is 11.5 Å². The van der Waals surface area contributed by atoms with E-state index < -0.39 is 5.54 Å². The Morgan fingerprint density at radius 2 is 2.24 bits per heavy atom. The SMILES string of the molecule is COc1ccc(C(=O)NC2(CO)CC2)c(O)c1. The number of hydrogen-bond donors (Lipinski definition) is 3. The van der Waals surface area contributed by atoms with Gasteiger partial charge >= 0.3 is 0 Å². The molecule has 5 nitrogen and oxygen atoms in total. The summed E-state index contributed by atoms with van der Waals surface area (Å²) in [5.41, 5.74) is -0.297. The maximum absolute atomic E-state index is 11.9. The lowest BCUT2D eigenvalue weighted by atomic mass is 10.1. The lowest BCUT2D eigenvalue weighted by molar-refractivity contribution is 0.0904. The zero-order valence-corrected chi connectivity index (χ0v) is 9.56. The van der Waals surface area contributed by atoms with Gasteiger partial charge in [0, 0.05) is 6.07 Å². The molecule has 3 N–H and O–H groups in total. The number of ether oxygens (including phenoxy) is 1. The minimum absolute atomic E-state index is 0.0738. The van der Waals surface area contributed by atoms with E-state index in [1.807, 2.05) is 0 Å². The number of phenolic OH excluding ortho intramolecular Hbond substituents is 1. The molecule has 2 rings (SSSR count). The van der Waals surface area contributed by atoms with Crippen LogP contribution in [0, 0.1) is 0 Å². The summed E-state index contributed by atoms with van der Waals surface area (Å²) >= 11 is 0. The van der Waals surface area contributed by atoms with E-state index in [-0.39, 0.29) is 23.8 Å². The molecule has 0 aromatic heterocycles. The van der Waals surface area contributed by atoms with Crippen LogP contribution in [0.3, 0.4) is 0 Å². The fraction of sp³-hybridized carbons (Fsp3) is 0.417. The molecule has 1 amide bonds. The van der Waals surface area contributed by atoms with Crippen molar-refractivity contribution in [3.05, 3.63) is 23.8 Å². The lowest BCUT2D eigenvalue weighted by Crippen LogP contribution is -2.39. The number of benzene rings is 1. The van der Waals surface area contributed by atoms with E-state index in [1.165, 1.54) is 19.2 Å². The second-order valence-electron chi connectivity index (χ2n) is 4.28. The van der Waals surface area contributed by atoms with Crippen LogP contribution in [0.15, 0.2) is 18.2 Å². The van der Waals surface area contributed by atoms with Gasteiger partial charge in [-0.1, -0.05) is 0 Å². The molecule has 0 atom stereocenters. The average molecular weight is 237 g/mol. The normalized spacial score (nSPS) is 16.4. The van der Waals surface area contributed by atoms with Crippen LogP contribution in [0.25, 0.3) is 0 Å². The van der Waals surface area contributed by atoms with Crippen molar-refractivity contribution in [2.45, 2.75) is 18.4 Å². The first-order chi connectivity index (χ1) is 8.10. The average Bonchev–Trinajstić information content (AvgIpc) is 3.09. The number of carbonyl (C=O) groups is 1. The third-order valence-electron chi connectivity index (χ3n) is 2.98. The number of aliphatic hydroxyl groups excluding tert-OH is 1. The fourth-order valence-corrected chi connectivity index (χ4v) is 1.61. The molecule has 1 aromatic rings. The molecule has 0 radical (unpaired) electrons. The minimum Gasteiger partial charge on any atom is -0.507 e. The summed E-state index contributed by atoms with van der Waals surface area (Å²) in [6.07, 6.45) is 1.54. The summed E-state index contributed by atoms with van der Waals surface area (Å²) in [6, 6.07) is 4.48. The molecular weight excluding hydrogens is 222 g/mol. The van der Waals surface area contributed by atoms with Crippen LogP contribution < -0.4 is 10.1 Å². The maximum atomic E-state index is 11.9. The van der Waals surface area contributed by atoms with Gasteiger partial charge in [0.25, 0.3) is 5.91 Å². The van der Waals surface area contributed by atoms with Gasteiger partial charge in [-0.15, -0.1) is 0 Å². The zero-order valence-electron chi connectivity index (χ0n) is 9.56. The maximum Gasteiger partial charge on any atom is 0.255 e. The summed E-state index contributed by atoms with van der Waals surface area (Å²) in [6.45, 7) is -0.0738. The van der Waals surface area contributed by atoms with E-state index in [1.54, 1.807) is 6.07 Å². The number of amides is 1. The van der Waals surface area contributed by atoms with Gasteiger partial charge in [0.1, 0.15) is 11.5 Å². The summed E-state index contributed by atoms with van der Waals surface area (Å²) < 4.78 is 4.93. The van der Waals surface area contributed by atoms with Gasteiger partial charge in [0.2, 0.25) is 0 Å². The molecule has 1 fully saturated rings. The molecule has 1 aliphatic carbocycles. The van der Waals surface area contributed by atoms with E-state index in [0.717, 1.165) is 12.8 Å². The van der Waals surface area contributed by atoms with Crippen LogP contribution in [0.4, 0.5) is 0 Å². The highest BCUT2D eigenvalue weighted by molar-refractivity contribution is 5.97. The number of carbonyl (C=O) groups excluding carboxylic acids is 1. The third kappa shape index (κ3) is 2.34. The molecule has 0 heterocycles. The van der Waals surface area contributed by atoms with Crippen LogP contribution in [0.5, 0.6) is 11.5 Å². The van der Waals surface area contributed by atoms with Crippen molar-refractivity contribution in [3.63, 3.8) is 0 Å². The highest BCUT2D eigenvalue weighted by Gasteiger charge is 2.43. The first kappa shape index (κ1) is 11.7. The Morgan fingerprint density at radius 3 is 2.71 bits per heavy atom. The van der Waals surface area contributed by atoms with Gasteiger partial charge < -0.3 is 20.3 Å². The van der Waals surface area contributed by atoms with Gasteiger partial charge in [-0.3, -0.25) is 4.79 Å². The second-order valence-corrected chi connectivity index (χ2v) is 4.28. The molecule has 1 aromatic carbocycles. The van der Waals surface area contributed by atoms with Gasteiger partial charge in [0.05, 0.1) is 24.8 Å². The molecule has 1 saturated carbocycles. The second kappa shape index (κ2) is 4.25. The van der Waals surface area contributed by atoms with Gasteiger partial charge in [-0.05, 0) is 25.0 Å². The molecule has 92 valence electrons. The van der Waals surface area contributed by atoms with Crippen LogP contribution in [0.2, 0.25) is 0 Å². The quantitative estimate of drug-likeness (QED) is 0.718. The topological polar surface area (TPSA) is 78.8 Å². The molecule has 0 aliphatic heterocycles. The van der Waals surface area contributed by atoms with Crippen molar-refractivity contribution >= 4 is 5.91 Å². The Morgan fingerprint density at radius 1 is 1.53 bits per heavy atom. The van der Waals surface area contributed by atoms with Crippen molar-refractivity contribution < 1.29 is 19.7 Å². The Kier molecular flexibility index (Phi) is 2.93. The fourth-order valence-electron chi connectivity index (χ4n) is 1.61. The van der Waals surface area contributed by atoms with Crippen LogP contribution in [-0.4, -0.2) is 35.4 Å². The number of methoxy groups -OCH3 is 1. The first-order valence-electron chi connectivity index (χ1n) is 5.41. The summed E-state index contributed by atoms with van der Waals surface area (Å²) in [5.74, 6) is -0.0189. The third-order valence-corrected chi connectivity index (χ3v) is 2.98.